The summed E-state index contributed by atoms with van der Waals surface area (Å²) in [4.78, 5) is 0. The summed E-state index contributed by atoms with van der Waals surface area (Å²) in [5.74, 6) is 0. The van der Waals surface area contributed by atoms with Crippen LogP contribution in [0.3, 0.4) is 0 Å². The Morgan fingerprint density at radius 1 is 0.340 bits per heavy atom. The second-order valence-electron chi connectivity index (χ2n) is 13.2. The lowest BCUT2D eigenvalue weighted by molar-refractivity contribution is 0.669. The second kappa shape index (κ2) is 11.6. The van der Waals surface area contributed by atoms with Crippen molar-refractivity contribution in [2.75, 3.05) is 0 Å². The molecule has 0 spiro atoms. The Balaban J connectivity index is 1.10. The maximum atomic E-state index is 6.09. The average molecular weight is 637 g/mol. The molecule has 1 heteroatoms. The van der Waals surface area contributed by atoms with Gasteiger partial charge in [0.25, 0.3) is 0 Å². The first-order valence-corrected chi connectivity index (χ1v) is 17.3. The molecule has 1 aromatic heterocycles. The van der Waals surface area contributed by atoms with Gasteiger partial charge < -0.3 is 4.42 Å². The van der Waals surface area contributed by atoms with Crippen molar-refractivity contribution < 1.29 is 4.42 Å². The molecule has 0 saturated heterocycles. The highest BCUT2D eigenvalue weighted by Crippen LogP contribution is 2.42. The molecule has 0 atom stereocenters. The first-order chi connectivity index (χ1) is 24.8. The Labute approximate surface area is 290 Å². The fourth-order valence-corrected chi connectivity index (χ4v) is 7.97. The van der Waals surface area contributed by atoms with Crippen molar-refractivity contribution >= 4 is 54.3 Å². The molecule has 10 rings (SSSR count). The van der Waals surface area contributed by atoms with Crippen LogP contribution in [-0.2, 0) is 6.42 Å². The minimum Gasteiger partial charge on any atom is -0.456 e. The topological polar surface area (TPSA) is 13.1 Å². The number of benzene rings is 9. The molecule has 0 N–H and O–H groups in total. The first kappa shape index (κ1) is 28.6. The van der Waals surface area contributed by atoms with Crippen LogP contribution in [0.1, 0.15) is 11.1 Å². The van der Waals surface area contributed by atoms with Crippen LogP contribution in [0.15, 0.2) is 186 Å². The lowest BCUT2D eigenvalue weighted by Gasteiger charge is -2.19. The summed E-state index contributed by atoms with van der Waals surface area (Å²) in [7, 11) is 0. The summed E-state index contributed by atoms with van der Waals surface area (Å²) in [5, 5.41) is 9.95. The largest absolute Gasteiger partial charge is 0.456 e. The van der Waals surface area contributed by atoms with Crippen molar-refractivity contribution in [2.24, 2.45) is 0 Å². The van der Waals surface area contributed by atoms with Gasteiger partial charge in [0.2, 0.25) is 0 Å². The molecule has 0 amide bonds. The molecule has 1 nitrogen and oxygen atoms in total. The number of furan rings is 1. The van der Waals surface area contributed by atoms with Gasteiger partial charge in [0.1, 0.15) is 11.2 Å². The predicted molar refractivity (Wildman–Crippen MR) is 212 cm³/mol. The van der Waals surface area contributed by atoms with Crippen molar-refractivity contribution in [2.45, 2.75) is 6.42 Å². The molecule has 9 aromatic carbocycles. The van der Waals surface area contributed by atoms with E-state index in [-0.39, 0.29) is 0 Å². The Hall–Kier alpha value is -6.44. The maximum Gasteiger partial charge on any atom is 0.135 e. The van der Waals surface area contributed by atoms with Crippen molar-refractivity contribution in [1.29, 1.82) is 0 Å². The molecular weight excluding hydrogens is 605 g/mol. The highest BCUT2D eigenvalue weighted by molar-refractivity contribution is 6.16. The third-order valence-electron chi connectivity index (χ3n) is 10.4. The van der Waals surface area contributed by atoms with Crippen LogP contribution in [0.5, 0.6) is 0 Å². The van der Waals surface area contributed by atoms with Crippen LogP contribution in [-0.4, -0.2) is 0 Å². The van der Waals surface area contributed by atoms with Gasteiger partial charge in [0, 0.05) is 10.8 Å². The van der Waals surface area contributed by atoms with Gasteiger partial charge in [-0.3, -0.25) is 0 Å². The van der Waals surface area contributed by atoms with Crippen LogP contribution >= 0.6 is 0 Å². The van der Waals surface area contributed by atoms with Crippen molar-refractivity contribution in [3.63, 3.8) is 0 Å². The summed E-state index contributed by atoms with van der Waals surface area (Å²) < 4.78 is 6.09. The molecular formula is C49H32O. The SMILES string of the molecule is c1ccc(-c2ccccc2Cc2c3ccccc3c(-c3ccc4cc(-c5ccc6oc7ccccc7c6c5)ccc4c3)c3ccccc23)cc1. The lowest BCUT2D eigenvalue weighted by Crippen LogP contribution is -1.97. The number of fused-ring (bicyclic) bond motifs is 6. The van der Waals surface area contributed by atoms with Crippen LogP contribution in [0.25, 0.3) is 87.6 Å². The van der Waals surface area contributed by atoms with E-state index in [4.69, 9.17) is 4.42 Å². The standard InChI is InChI=1S/C49H32O/c1-2-12-32(13-3-1)39-15-5-4-14-37(39)31-45-40-16-6-8-19-43(40)49(44-20-9-7-17-41(44)45)38-25-24-33-28-34(22-23-35(33)29-38)36-26-27-48-46(30-36)42-18-10-11-21-47(42)50-48/h1-30H,31H2. The Morgan fingerprint density at radius 2 is 0.880 bits per heavy atom. The normalized spacial score (nSPS) is 11.7. The fraction of sp³-hybridized carbons (Fsp3) is 0.0204. The van der Waals surface area contributed by atoms with Gasteiger partial charge in [-0.05, 0) is 114 Å². The van der Waals surface area contributed by atoms with E-state index >= 15 is 0 Å². The number of hydrogen-bond donors (Lipinski definition) is 0. The molecule has 0 unspecified atom stereocenters. The summed E-state index contributed by atoms with van der Waals surface area (Å²) in [6.07, 6.45) is 0.854. The van der Waals surface area contributed by atoms with E-state index in [0.717, 1.165) is 28.4 Å². The van der Waals surface area contributed by atoms with Crippen LogP contribution in [0, 0.1) is 0 Å². The lowest BCUT2D eigenvalue weighted by atomic mass is 9.85. The quantitative estimate of drug-likeness (QED) is 0.171. The minimum absolute atomic E-state index is 0.854. The van der Waals surface area contributed by atoms with Gasteiger partial charge in [-0.15, -0.1) is 0 Å². The average Bonchev–Trinajstić information content (AvgIpc) is 3.56. The summed E-state index contributed by atoms with van der Waals surface area (Å²) in [6, 6.07) is 66.1. The zero-order valence-corrected chi connectivity index (χ0v) is 27.4. The van der Waals surface area contributed by atoms with E-state index in [1.54, 1.807) is 0 Å². The molecule has 234 valence electrons. The molecule has 1 heterocycles. The number of hydrogen-bond acceptors (Lipinski definition) is 1. The van der Waals surface area contributed by atoms with E-state index in [0.29, 0.717) is 0 Å². The second-order valence-corrected chi connectivity index (χ2v) is 13.2. The third kappa shape index (κ3) is 4.70. The van der Waals surface area contributed by atoms with E-state index < -0.39 is 0 Å². The van der Waals surface area contributed by atoms with Gasteiger partial charge >= 0.3 is 0 Å². The zero-order chi connectivity index (χ0) is 33.0. The van der Waals surface area contributed by atoms with Gasteiger partial charge in [-0.2, -0.15) is 0 Å². The Kier molecular flexibility index (Phi) is 6.63. The van der Waals surface area contributed by atoms with Crippen LogP contribution in [0.2, 0.25) is 0 Å². The Morgan fingerprint density at radius 3 is 1.64 bits per heavy atom. The van der Waals surface area contributed by atoms with E-state index in [2.05, 4.69) is 170 Å². The van der Waals surface area contributed by atoms with Gasteiger partial charge in [-0.25, -0.2) is 0 Å². The third-order valence-corrected chi connectivity index (χ3v) is 10.4. The summed E-state index contributed by atoms with van der Waals surface area (Å²) in [6.45, 7) is 0. The highest BCUT2D eigenvalue weighted by Gasteiger charge is 2.17. The summed E-state index contributed by atoms with van der Waals surface area (Å²) >= 11 is 0. The number of rotatable bonds is 5. The molecule has 10 aromatic rings. The summed E-state index contributed by atoms with van der Waals surface area (Å²) in [5.41, 5.74) is 12.0. The molecule has 0 aliphatic carbocycles. The van der Waals surface area contributed by atoms with Gasteiger partial charge in [-0.1, -0.05) is 152 Å². The van der Waals surface area contributed by atoms with E-state index in [1.807, 2.05) is 12.1 Å². The Bertz CT molecular complexity index is 2840. The zero-order valence-electron chi connectivity index (χ0n) is 27.4. The molecule has 0 radical (unpaired) electrons. The predicted octanol–water partition coefficient (Wildman–Crippen LogP) is 13.6. The molecule has 0 saturated carbocycles. The van der Waals surface area contributed by atoms with Crippen LogP contribution < -0.4 is 0 Å². The van der Waals surface area contributed by atoms with Gasteiger partial charge in [0.05, 0.1) is 0 Å². The molecule has 0 bridgehead atoms. The maximum absolute atomic E-state index is 6.09. The first-order valence-electron chi connectivity index (χ1n) is 17.3. The molecule has 0 aliphatic rings. The van der Waals surface area contributed by atoms with Crippen molar-refractivity contribution in [3.8, 4) is 33.4 Å². The fourth-order valence-electron chi connectivity index (χ4n) is 7.97. The highest BCUT2D eigenvalue weighted by atomic mass is 16.3. The minimum atomic E-state index is 0.854. The monoisotopic (exact) mass is 636 g/mol. The molecule has 0 aliphatic heterocycles. The molecule has 0 fully saturated rings. The van der Waals surface area contributed by atoms with Gasteiger partial charge in [0.15, 0.2) is 0 Å². The smallest absolute Gasteiger partial charge is 0.135 e. The van der Waals surface area contributed by atoms with E-state index in [9.17, 15) is 0 Å². The van der Waals surface area contributed by atoms with Crippen LogP contribution in [0.4, 0.5) is 0 Å². The van der Waals surface area contributed by atoms with E-state index in [1.165, 1.54) is 76.8 Å². The number of para-hydroxylation sites is 1. The van der Waals surface area contributed by atoms with Crippen molar-refractivity contribution in [1.82, 2.24) is 0 Å². The van der Waals surface area contributed by atoms with Crippen molar-refractivity contribution in [3.05, 3.63) is 193 Å². The molecule has 50 heavy (non-hydrogen) atoms.